The zero-order valence-corrected chi connectivity index (χ0v) is 15.6. The normalized spacial score (nSPS) is 11.9. The molecule has 1 aromatic carbocycles. The fourth-order valence-corrected chi connectivity index (χ4v) is 2.77. The Kier molecular flexibility index (Phi) is 6.44. The number of nitrogens with one attached hydrogen (secondary N) is 2. The van der Waals surface area contributed by atoms with E-state index in [4.69, 9.17) is 9.26 Å². The van der Waals surface area contributed by atoms with Crippen LogP contribution in [0.15, 0.2) is 22.7 Å². The molecule has 0 saturated heterocycles. The summed E-state index contributed by atoms with van der Waals surface area (Å²) in [5, 5.41) is 9.78. The van der Waals surface area contributed by atoms with Crippen molar-refractivity contribution in [3.63, 3.8) is 0 Å². The van der Waals surface area contributed by atoms with Crippen LogP contribution in [0.5, 0.6) is 5.75 Å². The second kappa shape index (κ2) is 8.55. The van der Waals surface area contributed by atoms with E-state index >= 15 is 0 Å². The molecule has 2 rings (SSSR count). The molecule has 2 N–H and O–H groups in total. The monoisotopic (exact) mass is 345 g/mol. The second-order valence-electron chi connectivity index (χ2n) is 6.36. The molecule has 2 amide bonds. The lowest BCUT2D eigenvalue weighted by molar-refractivity contribution is 0.238. The number of carbonyl (C=O) groups excluding carboxylic acids is 1. The molecule has 0 spiro atoms. The Bertz CT molecular complexity index is 705. The zero-order valence-electron chi connectivity index (χ0n) is 15.6. The number of amides is 2. The van der Waals surface area contributed by atoms with Gasteiger partial charge in [-0.1, -0.05) is 17.3 Å². The molecule has 0 fully saturated rings. The van der Waals surface area contributed by atoms with Gasteiger partial charge >= 0.3 is 6.03 Å². The highest BCUT2D eigenvalue weighted by molar-refractivity contribution is 5.74. The number of methoxy groups -OCH3 is 1. The summed E-state index contributed by atoms with van der Waals surface area (Å²) in [7, 11) is 1.66. The minimum atomic E-state index is -0.168. The largest absolute Gasteiger partial charge is 0.496 e. The predicted octanol–water partition coefficient (Wildman–Crippen LogP) is 3.08. The van der Waals surface area contributed by atoms with Crippen LogP contribution in [0.1, 0.15) is 35.1 Å². The van der Waals surface area contributed by atoms with E-state index < -0.39 is 0 Å². The average Bonchev–Trinajstić information content (AvgIpc) is 2.88. The molecule has 0 saturated carbocycles. The van der Waals surface area contributed by atoms with Gasteiger partial charge in [0.1, 0.15) is 11.5 Å². The van der Waals surface area contributed by atoms with Crippen molar-refractivity contribution in [1.29, 1.82) is 0 Å². The Labute approximate surface area is 148 Å². The van der Waals surface area contributed by atoms with Crippen molar-refractivity contribution < 1.29 is 14.1 Å². The lowest BCUT2D eigenvalue weighted by Crippen LogP contribution is -2.42. The minimum Gasteiger partial charge on any atom is -0.496 e. The van der Waals surface area contributed by atoms with Gasteiger partial charge in [-0.15, -0.1) is 0 Å². The average molecular weight is 345 g/mol. The molecule has 1 unspecified atom stereocenters. The van der Waals surface area contributed by atoms with Crippen LogP contribution < -0.4 is 15.4 Å². The highest BCUT2D eigenvalue weighted by Crippen LogP contribution is 2.19. The smallest absolute Gasteiger partial charge is 0.315 e. The van der Waals surface area contributed by atoms with Crippen LogP contribution in [-0.2, 0) is 12.8 Å². The third-order valence-corrected chi connectivity index (χ3v) is 4.24. The van der Waals surface area contributed by atoms with E-state index in [1.54, 1.807) is 7.11 Å². The molecular weight excluding hydrogens is 318 g/mol. The Balaban J connectivity index is 1.77. The fourth-order valence-electron chi connectivity index (χ4n) is 2.77. The van der Waals surface area contributed by atoms with Crippen LogP contribution in [0.3, 0.4) is 0 Å². The van der Waals surface area contributed by atoms with Gasteiger partial charge in [-0.05, 0) is 57.7 Å². The molecule has 1 aromatic heterocycles. The summed E-state index contributed by atoms with van der Waals surface area (Å²) in [5.74, 6) is 1.68. The van der Waals surface area contributed by atoms with Gasteiger partial charge in [0.15, 0.2) is 0 Å². The zero-order chi connectivity index (χ0) is 18.4. The van der Waals surface area contributed by atoms with Crippen molar-refractivity contribution in [2.45, 2.75) is 46.6 Å². The van der Waals surface area contributed by atoms with Crippen molar-refractivity contribution in [2.24, 2.45) is 0 Å². The third-order valence-electron chi connectivity index (χ3n) is 4.24. The standard InChI is InChI=1S/C19H27N3O3/c1-12-6-7-16(11-18(12)24-5)8-9-20-19(23)21-13(2)10-17-14(3)22-25-15(17)4/h6-7,11,13H,8-10H2,1-5H3,(H2,20,21,23). The van der Waals surface area contributed by atoms with Crippen LogP contribution >= 0.6 is 0 Å². The Hall–Kier alpha value is -2.50. The van der Waals surface area contributed by atoms with Gasteiger partial charge in [-0.2, -0.15) is 0 Å². The first kappa shape index (κ1) is 18.8. The molecule has 6 nitrogen and oxygen atoms in total. The molecule has 136 valence electrons. The third kappa shape index (κ3) is 5.24. The number of benzene rings is 1. The van der Waals surface area contributed by atoms with Gasteiger partial charge in [0, 0.05) is 18.2 Å². The fraction of sp³-hybridized carbons (Fsp3) is 0.474. The van der Waals surface area contributed by atoms with Crippen LogP contribution in [0.2, 0.25) is 0 Å². The van der Waals surface area contributed by atoms with Crippen LogP contribution in [0.25, 0.3) is 0 Å². The molecule has 0 aliphatic rings. The molecule has 0 bridgehead atoms. The van der Waals surface area contributed by atoms with E-state index in [2.05, 4.69) is 21.9 Å². The maximum atomic E-state index is 12.0. The van der Waals surface area contributed by atoms with E-state index in [9.17, 15) is 4.79 Å². The summed E-state index contributed by atoms with van der Waals surface area (Å²) < 4.78 is 10.5. The number of carbonyl (C=O) groups is 1. The van der Waals surface area contributed by atoms with Crippen LogP contribution in [-0.4, -0.2) is 30.9 Å². The number of nitrogens with zero attached hydrogens (tertiary/aromatic N) is 1. The summed E-state index contributed by atoms with van der Waals surface area (Å²) >= 11 is 0. The number of hydrogen-bond donors (Lipinski definition) is 2. The van der Waals surface area contributed by atoms with Crippen molar-refractivity contribution in [3.05, 3.63) is 46.3 Å². The highest BCUT2D eigenvalue weighted by Gasteiger charge is 2.14. The number of urea groups is 1. The summed E-state index contributed by atoms with van der Waals surface area (Å²) in [5.41, 5.74) is 4.16. The Morgan fingerprint density at radius 3 is 2.72 bits per heavy atom. The number of aryl methyl sites for hydroxylation is 3. The SMILES string of the molecule is COc1cc(CCNC(=O)NC(C)Cc2c(C)noc2C)ccc1C. The van der Waals surface area contributed by atoms with Gasteiger partial charge < -0.3 is 19.9 Å². The van der Waals surface area contributed by atoms with Gasteiger partial charge in [0.25, 0.3) is 0 Å². The van der Waals surface area contributed by atoms with Gasteiger partial charge in [-0.25, -0.2) is 4.79 Å². The van der Waals surface area contributed by atoms with E-state index in [0.29, 0.717) is 13.0 Å². The maximum absolute atomic E-state index is 12.0. The summed E-state index contributed by atoms with van der Waals surface area (Å²) in [4.78, 5) is 12.0. The molecule has 2 aromatic rings. The molecule has 0 radical (unpaired) electrons. The molecule has 25 heavy (non-hydrogen) atoms. The quantitative estimate of drug-likeness (QED) is 0.808. The van der Waals surface area contributed by atoms with E-state index in [-0.39, 0.29) is 12.1 Å². The molecule has 1 heterocycles. The van der Waals surface area contributed by atoms with Crippen LogP contribution in [0, 0.1) is 20.8 Å². The first-order valence-corrected chi connectivity index (χ1v) is 8.50. The van der Waals surface area contributed by atoms with Gasteiger partial charge in [-0.3, -0.25) is 0 Å². The topological polar surface area (TPSA) is 76.4 Å². The summed E-state index contributed by atoms with van der Waals surface area (Å²) in [6, 6.07) is 5.92. The molecule has 0 aliphatic heterocycles. The molecular formula is C19H27N3O3. The van der Waals surface area contributed by atoms with Crippen molar-refractivity contribution >= 4 is 6.03 Å². The van der Waals surface area contributed by atoms with E-state index in [0.717, 1.165) is 40.3 Å². The number of aromatic nitrogens is 1. The molecule has 0 aliphatic carbocycles. The van der Waals surface area contributed by atoms with Gasteiger partial charge in [0.05, 0.1) is 12.8 Å². The van der Waals surface area contributed by atoms with E-state index in [1.807, 2.05) is 39.8 Å². The first-order chi connectivity index (χ1) is 11.9. The molecule has 6 heteroatoms. The second-order valence-corrected chi connectivity index (χ2v) is 6.36. The highest BCUT2D eigenvalue weighted by atomic mass is 16.5. The number of hydrogen-bond acceptors (Lipinski definition) is 4. The number of rotatable bonds is 7. The van der Waals surface area contributed by atoms with Crippen molar-refractivity contribution in [2.75, 3.05) is 13.7 Å². The summed E-state index contributed by atoms with van der Waals surface area (Å²) in [6.07, 6.45) is 1.45. The van der Waals surface area contributed by atoms with Crippen LogP contribution in [0.4, 0.5) is 4.79 Å². The van der Waals surface area contributed by atoms with Crippen molar-refractivity contribution in [1.82, 2.24) is 15.8 Å². The summed E-state index contributed by atoms with van der Waals surface area (Å²) in [6.45, 7) is 8.34. The lowest BCUT2D eigenvalue weighted by atomic mass is 10.1. The maximum Gasteiger partial charge on any atom is 0.315 e. The Morgan fingerprint density at radius 2 is 2.08 bits per heavy atom. The first-order valence-electron chi connectivity index (χ1n) is 8.50. The lowest BCUT2D eigenvalue weighted by Gasteiger charge is -2.15. The minimum absolute atomic E-state index is 0.00345. The van der Waals surface area contributed by atoms with Crippen molar-refractivity contribution in [3.8, 4) is 5.75 Å². The van der Waals surface area contributed by atoms with E-state index in [1.165, 1.54) is 0 Å². The Morgan fingerprint density at radius 1 is 1.32 bits per heavy atom. The predicted molar refractivity (Wildman–Crippen MR) is 97.1 cm³/mol. The molecule has 1 atom stereocenters. The number of ether oxygens (including phenoxy) is 1. The van der Waals surface area contributed by atoms with Gasteiger partial charge in [0.2, 0.25) is 0 Å².